The molecule has 2 heterocycles. The summed E-state index contributed by atoms with van der Waals surface area (Å²) in [6.45, 7) is 4.34. The minimum atomic E-state index is -0.672. The summed E-state index contributed by atoms with van der Waals surface area (Å²) in [4.78, 5) is 14.9. The molecule has 0 radical (unpaired) electrons. The van der Waals surface area contributed by atoms with Gasteiger partial charge in [0.05, 0.1) is 18.6 Å². The minimum Gasteiger partial charge on any atom is -0.481 e. The van der Waals surface area contributed by atoms with Crippen molar-refractivity contribution in [3.8, 4) is 0 Å². The van der Waals surface area contributed by atoms with Gasteiger partial charge in [0.2, 0.25) is 0 Å². The van der Waals surface area contributed by atoms with E-state index in [9.17, 15) is 20.1 Å². The van der Waals surface area contributed by atoms with Gasteiger partial charge in [-0.15, -0.1) is 0 Å². The molecule has 0 aromatic heterocycles. The maximum atomic E-state index is 12.3. The van der Waals surface area contributed by atoms with Crippen molar-refractivity contribution < 1.29 is 20.1 Å². The zero-order valence-corrected chi connectivity index (χ0v) is 16.1. The SMILES string of the molecule is C[C@@H]1CN2C[C@H]3CCC4=C5[C@H](CC4)[C@H](C(=O)O)C[C@@]54[C@@H]2[C@@H]1C[C@H](O)[C@@]34CO. The van der Waals surface area contributed by atoms with Gasteiger partial charge in [-0.3, -0.25) is 9.69 Å². The largest absolute Gasteiger partial charge is 0.481 e. The molecule has 5 nitrogen and oxygen atoms in total. The van der Waals surface area contributed by atoms with E-state index in [4.69, 9.17) is 0 Å². The van der Waals surface area contributed by atoms with Crippen LogP contribution >= 0.6 is 0 Å². The van der Waals surface area contributed by atoms with Crippen LogP contribution in [0.25, 0.3) is 0 Å². The molecule has 6 aliphatic rings. The van der Waals surface area contributed by atoms with Crippen LogP contribution in [-0.4, -0.2) is 58.0 Å². The molecule has 2 saturated heterocycles. The van der Waals surface area contributed by atoms with Crippen molar-refractivity contribution in [3.05, 3.63) is 11.1 Å². The molecule has 4 bridgehead atoms. The predicted octanol–water partition coefficient (Wildman–Crippen LogP) is 1.89. The van der Waals surface area contributed by atoms with Gasteiger partial charge in [0, 0.05) is 30.0 Å². The van der Waals surface area contributed by atoms with Crippen LogP contribution < -0.4 is 0 Å². The Morgan fingerprint density at radius 3 is 2.78 bits per heavy atom. The zero-order valence-electron chi connectivity index (χ0n) is 16.1. The maximum absolute atomic E-state index is 12.3. The third-order valence-electron chi connectivity index (χ3n) is 10.1. The Balaban J connectivity index is 1.66. The average Bonchev–Trinajstić information content (AvgIpc) is 3.26. The van der Waals surface area contributed by atoms with E-state index in [1.807, 2.05) is 0 Å². The summed E-state index contributed by atoms with van der Waals surface area (Å²) in [5.74, 6) is 0.326. The lowest BCUT2D eigenvalue weighted by Gasteiger charge is -2.67. The monoisotopic (exact) mass is 373 g/mol. The molecule has 3 N–H and O–H groups in total. The number of aliphatic hydroxyl groups excluding tert-OH is 2. The number of nitrogens with zero attached hydrogens (tertiary/aromatic N) is 1. The van der Waals surface area contributed by atoms with E-state index in [1.54, 1.807) is 0 Å². The molecule has 1 spiro atoms. The Labute approximate surface area is 160 Å². The second-order valence-electron chi connectivity index (χ2n) is 10.5. The number of carboxylic acid groups (broad SMARTS) is 1. The van der Waals surface area contributed by atoms with Gasteiger partial charge in [-0.05, 0) is 62.2 Å². The van der Waals surface area contributed by atoms with Crippen LogP contribution in [0.4, 0.5) is 0 Å². The fraction of sp³-hybridized carbons (Fsp3) is 0.864. The van der Waals surface area contributed by atoms with Gasteiger partial charge in [0.1, 0.15) is 0 Å². The van der Waals surface area contributed by atoms with Gasteiger partial charge in [-0.25, -0.2) is 0 Å². The number of carboxylic acids is 1. The molecule has 4 fully saturated rings. The van der Waals surface area contributed by atoms with Crippen molar-refractivity contribution in [1.82, 2.24) is 4.90 Å². The molecule has 9 atom stereocenters. The highest BCUT2D eigenvalue weighted by molar-refractivity contribution is 5.73. The maximum Gasteiger partial charge on any atom is 0.307 e. The number of rotatable bonds is 2. The van der Waals surface area contributed by atoms with Crippen LogP contribution in [0.2, 0.25) is 0 Å². The Kier molecular flexibility index (Phi) is 3.25. The molecular weight excluding hydrogens is 342 g/mol. The van der Waals surface area contributed by atoms with Crippen molar-refractivity contribution in [1.29, 1.82) is 0 Å². The van der Waals surface area contributed by atoms with Gasteiger partial charge in [-0.1, -0.05) is 18.1 Å². The zero-order chi connectivity index (χ0) is 18.7. The standard InChI is InChI=1S/C22H31NO4/c1-11-8-23-9-13-4-2-12-3-5-14-16(20(26)27)7-21(18(12)14)19(23)15(11)6-17(25)22(13,21)10-24/h11,13-17,19,24-25H,2-10H2,1H3,(H,26,27)/t11-,13-,14-,15-,16-,17+,19+,21+,22-/m1/s1. The Morgan fingerprint density at radius 1 is 1.26 bits per heavy atom. The normalized spacial score (nSPS) is 55.6. The summed E-state index contributed by atoms with van der Waals surface area (Å²) in [5, 5.41) is 32.5. The van der Waals surface area contributed by atoms with Crippen LogP contribution in [0.15, 0.2) is 11.1 Å². The van der Waals surface area contributed by atoms with Crippen molar-refractivity contribution in [2.75, 3.05) is 19.7 Å². The molecular formula is C22H31NO4. The van der Waals surface area contributed by atoms with E-state index in [0.29, 0.717) is 24.3 Å². The second kappa shape index (κ2) is 5.17. The van der Waals surface area contributed by atoms with Gasteiger partial charge in [0.15, 0.2) is 0 Å². The number of allylic oxidation sites excluding steroid dienone is 1. The van der Waals surface area contributed by atoms with Crippen LogP contribution in [0, 0.1) is 40.4 Å². The molecule has 0 aromatic carbocycles. The van der Waals surface area contributed by atoms with E-state index < -0.39 is 17.5 Å². The summed E-state index contributed by atoms with van der Waals surface area (Å²) >= 11 is 0. The third kappa shape index (κ3) is 1.65. The first-order valence-corrected chi connectivity index (χ1v) is 10.9. The summed E-state index contributed by atoms with van der Waals surface area (Å²) in [7, 11) is 0. The fourth-order valence-electron chi connectivity index (χ4n) is 9.38. The lowest BCUT2D eigenvalue weighted by atomic mass is 9.42. The molecule has 0 amide bonds. The minimum absolute atomic E-state index is 0.000112. The first-order valence-electron chi connectivity index (χ1n) is 10.9. The molecule has 0 unspecified atom stereocenters. The predicted molar refractivity (Wildman–Crippen MR) is 98.8 cm³/mol. The number of hydrogen-bond donors (Lipinski definition) is 3. The van der Waals surface area contributed by atoms with E-state index >= 15 is 0 Å². The topological polar surface area (TPSA) is 81.0 Å². The van der Waals surface area contributed by atoms with Crippen molar-refractivity contribution in [2.45, 2.75) is 57.6 Å². The van der Waals surface area contributed by atoms with Gasteiger partial charge >= 0.3 is 5.97 Å². The summed E-state index contributed by atoms with van der Waals surface area (Å²) < 4.78 is 0. The number of hydrogen-bond acceptors (Lipinski definition) is 4. The quantitative estimate of drug-likeness (QED) is 0.644. The van der Waals surface area contributed by atoms with Crippen molar-refractivity contribution >= 4 is 5.97 Å². The Morgan fingerprint density at radius 2 is 2.04 bits per heavy atom. The van der Waals surface area contributed by atoms with Crippen LogP contribution in [-0.2, 0) is 4.79 Å². The lowest BCUT2D eigenvalue weighted by molar-refractivity contribution is -0.225. The Hall–Kier alpha value is -0.910. The average molecular weight is 373 g/mol. The molecule has 5 heteroatoms. The summed E-state index contributed by atoms with van der Waals surface area (Å²) in [6.07, 6.45) is 4.94. The smallest absolute Gasteiger partial charge is 0.307 e. The summed E-state index contributed by atoms with van der Waals surface area (Å²) in [6, 6.07) is 0.312. The second-order valence-corrected chi connectivity index (χ2v) is 10.5. The number of piperidine rings is 1. The van der Waals surface area contributed by atoms with Gasteiger partial charge < -0.3 is 15.3 Å². The molecule has 4 aliphatic carbocycles. The van der Waals surface area contributed by atoms with Crippen molar-refractivity contribution in [3.63, 3.8) is 0 Å². The van der Waals surface area contributed by atoms with Crippen LogP contribution in [0.1, 0.15) is 45.4 Å². The molecule has 2 saturated carbocycles. The molecule has 0 aromatic rings. The molecule has 6 rings (SSSR count). The first kappa shape index (κ1) is 17.0. The highest BCUT2D eigenvalue weighted by Gasteiger charge is 2.77. The van der Waals surface area contributed by atoms with Crippen LogP contribution in [0.5, 0.6) is 0 Å². The molecule has 2 aliphatic heterocycles. The summed E-state index contributed by atoms with van der Waals surface area (Å²) in [5.41, 5.74) is 2.03. The highest BCUT2D eigenvalue weighted by atomic mass is 16.4. The van der Waals surface area contributed by atoms with Crippen molar-refractivity contribution in [2.24, 2.45) is 40.4 Å². The lowest BCUT2D eigenvalue weighted by Crippen LogP contribution is -2.73. The highest BCUT2D eigenvalue weighted by Crippen LogP contribution is 2.76. The van der Waals surface area contributed by atoms with Gasteiger partial charge in [-0.2, -0.15) is 0 Å². The van der Waals surface area contributed by atoms with Crippen LogP contribution in [0.3, 0.4) is 0 Å². The third-order valence-corrected chi connectivity index (χ3v) is 10.1. The molecule has 148 valence electrons. The van der Waals surface area contributed by atoms with E-state index in [-0.39, 0.29) is 29.8 Å². The van der Waals surface area contributed by atoms with E-state index in [2.05, 4.69) is 11.8 Å². The number of aliphatic carboxylic acids is 1. The van der Waals surface area contributed by atoms with E-state index in [1.165, 1.54) is 11.1 Å². The number of aliphatic hydroxyl groups is 2. The Bertz CT molecular complexity index is 749. The first-order chi connectivity index (χ1) is 13.0. The van der Waals surface area contributed by atoms with Gasteiger partial charge in [0.25, 0.3) is 0 Å². The fourth-order valence-corrected chi connectivity index (χ4v) is 9.38. The number of carbonyl (C=O) groups is 1. The molecule has 27 heavy (non-hydrogen) atoms. The van der Waals surface area contributed by atoms with E-state index in [0.717, 1.165) is 45.2 Å².